The molecule has 0 saturated heterocycles. The highest BCUT2D eigenvalue weighted by Crippen LogP contribution is 2.26. The Morgan fingerprint density at radius 2 is 2.09 bits per heavy atom. The zero-order valence-electron chi connectivity index (χ0n) is 13.1. The molecule has 0 atom stereocenters. The van der Waals surface area contributed by atoms with E-state index in [-0.39, 0.29) is 5.63 Å². The highest BCUT2D eigenvalue weighted by Gasteiger charge is 2.12. The van der Waals surface area contributed by atoms with Crippen LogP contribution in [0.1, 0.15) is 22.9 Å². The van der Waals surface area contributed by atoms with E-state index in [0.717, 1.165) is 29.6 Å². The molecule has 2 aromatic heterocycles. The standard InChI is InChI=1S/C18H18ClNO2S/c1-3-20(11-14-5-4-6-23-14)10-13-8-18(21)22-17-7-12(2)16(19)9-15(13)17/h4-9H,3,10-11H2,1-2H3. The van der Waals surface area contributed by atoms with Gasteiger partial charge in [-0.3, -0.25) is 4.90 Å². The molecule has 23 heavy (non-hydrogen) atoms. The van der Waals surface area contributed by atoms with Crippen molar-refractivity contribution in [1.29, 1.82) is 0 Å². The van der Waals surface area contributed by atoms with Crippen LogP contribution in [0.15, 0.2) is 44.9 Å². The molecule has 0 unspecified atom stereocenters. The van der Waals surface area contributed by atoms with Gasteiger partial charge in [-0.15, -0.1) is 11.3 Å². The summed E-state index contributed by atoms with van der Waals surface area (Å²) >= 11 is 8.00. The average Bonchev–Trinajstić information content (AvgIpc) is 3.01. The number of aryl methyl sites for hydroxylation is 1. The van der Waals surface area contributed by atoms with Gasteiger partial charge in [0.05, 0.1) is 0 Å². The second kappa shape index (κ2) is 6.87. The molecule has 2 heterocycles. The van der Waals surface area contributed by atoms with Gasteiger partial charge in [-0.25, -0.2) is 4.79 Å². The van der Waals surface area contributed by atoms with Gasteiger partial charge < -0.3 is 4.42 Å². The first kappa shape index (κ1) is 16.2. The molecule has 3 aromatic rings. The summed E-state index contributed by atoms with van der Waals surface area (Å²) in [4.78, 5) is 15.5. The van der Waals surface area contributed by atoms with Crippen LogP contribution in [0.4, 0.5) is 0 Å². The normalized spacial score (nSPS) is 11.5. The molecule has 5 heteroatoms. The van der Waals surface area contributed by atoms with Gasteiger partial charge in [-0.1, -0.05) is 24.6 Å². The van der Waals surface area contributed by atoms with Crippen molar-refractivity contribution in [3.8, 4) is 0 Å². The van der Waals surface area contributed by atoms with E-state index in [9.17, 15) is 4.79 Å². The highest BCUT2D eigenvalue weighted by molar-refractivity contribution is 7.09. The smallest absolute Gasteiger partial charge is 0.336 e. The monoisotopic (exact) mass is 347 g/mol. The Balaban J connectivity index is 1.97. The second-order valence-electron chi connectivity index (χ2n) is 5.57. The third-order valence-electron chi connectivity index (χ3n) is 3.91. The minimum absolute atomic E-state index is 0.318. The van der Waals surface area contributed by atoms with Crippen LogP contribution in [0, 0.1) is 6.92 Å². The number of hydrogen-bond acceptors (Lipinski definition) is 4. The van der Waals surface area contributed by atoms with Gasteiger partial charge in [0.15, 0.2) is 0 Å². The largest absolute Gasteiger partial charge is 0.423 e. The molecule has 120 valence electrons. The van der Waals surface area contributed by atoms with Crippen molar-refractivity contribution in [2.45, 2.75) is 26.9 Å². The molecule has 3 nitrogen and oxygen atoms in total. The third kappa shape index (κ3) is 3.66. The van der Waals surface area contributed by atoms with Crippen molar-refractivity contribution in [2.75, 3.05) is 6.54 Å². The molecule has 0 bridgehead atoms. The molecule has 0 aliphatic carbocycles. The van der Waals surface area contributed by atoms with E-state index in [1.54, 1.807) is 17.4 Å². The summed E-state index contributed by atoms with van der Waals surface area (Å²) in [5, 5.41) is 3.68. The van der Waals surface area contributed by atoms with E-state index >= 15 is 0 Å². The quantitative estimate of drug-likeness (QED) is 0.619. The molecule has 0 saturated carbocycles. The number of fused-ring (bicyclic) bond motifs is 1. The SMILES string of the molecule is CCN(Cc1cccs1)Cc1cc(=O)oc2cc(C)c(Cl)cc12. The molecule has 0 aliphatic heterocycles. The lowest BCUT2D eigenvalue weighted by Gasteiger charge is -2.20. The summed E-state index contributed by atoms with van der Waals surface area (Å²) < 4.78 is 5.33. The Kier molecular flexibility index (Phi) is 4.85. The van der Waals surface area contributed by atoms with Crippen molar-refractivity contribution in [3.05, 3.63) is 67.2 Å². The molecule has 1 aromatic carbocycles. The molecular formula is C18H18ClNO2S. The predicted molar refractivity (Wildman–Crippen MR) is 96.3 cm³/mol. The Morgan fingerprint density at radius 3 is 2.78 bits per heavy atom. The highest BCUT2D eigenvalue weighted by atomic mass is 35.5. The van der Waals surface area contributed by atoms with Gasteiger partial charge in [0, 0.05) is 34.4 Å². The van der Waals surface area contributed by atoms with Gasteiger partial charge in [0.1, 0.15) is 5.58 Å². The Hall–Kier alpha value is -1.62. The number of halogens is 1. The fourth-order valence-corrected chi connectivity index (χ4v) is 3.53. The first-order valence-corrected chi connectivity index (χ1v) is 8.80. The van der Waals surface area contributed by atoms with E-state index in [4.69, 9.17) is 16.0 Å². The molecule has 0 radical (unpaired) electrons. The van der Waals surface area contributed by atoms with Gasteiger partial charge >= 0.3 is 5.63 Å². The van der Waals surface area contributed by atoms with Gasteiger partial charge in [-0.05, 0) is 48.2 Å². The maximum absolute atomic E-state index is 11.9. The molecule has 0 N–H and O–H groups in total. The van der Waals surface area contributed by atoms with E-state index in [2.05, 4.69) is 29.3 Å². The Bertz CT molecular complexity index is 871. The molecule has 0 amide bonds. The van der Waals surface area contributed by atoms with Crippen LogP contribution >= 0.6 is 22.9 Å². The summed E-state index contributed by atoms with van der Waals surface area (Å²) in [6.07, 6.45) is 0. The lowest BCUT2D eigenvalue weighted by Crippen LogP contribution is -2.22. The lowest BCUT2D eigenvalue weighted by atomic mass is 10.1. The average molecular weight is 348 g/mol. The van der Waals surface area contributed by atoms with Crippen LogP contribution in [0.3, 0.4) is 0 Å². The van der Waals surface area contributed by atoms with Crippen LogP contribution in [0.5, 0.6) is 0 Å². The van der Waals surface area contributed by atoms with Crippen molar-refractivity contribution in [2.24, 2.45) is 0 Å². The molecule has 0 spiro atoms. The maximum Gasteiger partial charge on any atom is 0.336 e. The molecular weight excluding hydrogens is 330 g/mol. The third-order valence-corrected chi connectivity index (χ3v) is 5.18. The number of benzene rings is 1. The summed E-state index contributed by atoms with van der Waals surface area (Å²) in [6, 6.07) is 9.49. The number of thiophene rings is 1. The lowest BCUT2D eigenvalue weighted by molar-refractivity contribution is 0.274. The van der Waals surface area contributed by atoms with E-state index in [1.807, 2.05) is 19.1 Å². The first-order valence-electron chi connectivity index (χ1n) is 7.54. The Morgan fingerprint density at radius 1 is 1.26 bits per heavy atom. The molecule has 3 rings (SSSR count). The topological polar surface area (TPSA) is 33.5 Å². The van der Waals surface area contributed by atoms with Gasteiger partial charge in [-0.2, -0.15) is 0 Å². The summed E-state index contributed by atoms with van der Waals surface area (Å²) in [6.45, 7) is 6.49. The fourth-order valence-electron chi connectivity index (χ4n) is 2.62. The van der Waals surface area contributed by atoms with Crippen molar-refractivity contribution >= 4 is 33.9 Å². The Labute approximate surface area is 144 Å². The van der Waals surface area contributed by atoms with Crippen molar-refractivity contribution in [1.82, 2.24) is 4.90 Å². The van der Waals surface area contributed by atoms with E-state index in [0.29, 0.717) is 17.2 Å². The number of nitrogens with zero attached hydrogens (tertiary/aromatic N) is 1. The molecule has 0 aliphatic rings. The molecule has 0 fully saturated rings. The maximum atomic E-state index is 11.9. The summed E-state index contributed by atoms with van der Waals surface area (Å²) in [5.41, 5.74) is 2.14. The van der Waals surface area contributed by atoms with Crippen molar-refractivity contribution < 1.29 is 4.42 Å². The van der Waals surface area contributed by atoms with Crippen LogP contribution < -0.4 is 5.63 Å². The zero-order valence-corrected chi connectivity index (χ0v) is 14.7. The van der Waals surface area contributed by atoms with Crippen LogP contribution in [-0.2, 0) is 13.1 Å². The minimum atomic E-state index is -0.318. The van der Waals surface area contributed by atoms with Crippen LogP contribution in [0.2, 0.25) is 5.02 Å². The number of rotatable bonds is 5. The zero-order chi connectivity index (χ0) is 16.4. The minimum Gasteiger partial charge on any atom is -0.423 e. The van der Waals surface area contributed by atoms with Gasteiger partial charge in [0.25, 0.3) is 0 Å². The van der Waals surface area contributed by atoms with Crippen molar-refractivity contribution in [3.63, 3.8) is 0 Å². The second-order valence-corrected chi connectivity index (χ2v) is 7.01. The summed E-state index contributed by atoms with van der Waals surface area (Å²) in [5.74, 6) is 0. The van der Waals surface area contributed by atoms with E-state index < -0.39 is 0 Å². The number of hydrogen-bond donors (Lipinski definition) is 0. The predicted octanol–water partition coefficient (Wildman–Crippen LogP) is 4.84. The van der Waals surface area contributed by atoms with Gasteiger partial charge in [0.2, 0.25) is 0 Å². The van der Waals surface area contributed by atoms with Crippen LogP contribution in [0.25, 0.3) is 11.0 Å². The fraction of sp³-hybridized carbons (Fsp3) is 0.278. The first-order chi connectivity index (χ1) is 11.1. The van der Waals surface area contributed by atoms with E-state index in [1.165, 1.54) is 4.88 Å². The summed E-state index contributed by atoms with van der Waals surface area (Å²) in [7, 11) is 0. The van der Waals surface area contributed by atoms with Crippen LogP contribution in [-0.4, -0.2) is 11.4 Å².